The van der Waals surface area contributed by atoms with Gasteiger partial charge in [0.2, 0.25) is 15.9 Å². The Morgan fingerprint density at radius 1 is 1.03 bits per heavy atom. The molecule has 0 spiro atoms. The van der Waals surface area contributed by atoms with E-state index >= 15 is 0 Å². The van der Waals surface area contributed by atoms with Gasteiger partial charge in [0.25, 0.3) is 5.91 Å². The van der Waals surface area contributed by atoms with Crippen LogP contribution in [0.2, 0.25) is 0 Å². The van der Waals surface area contributed by atoms with Gasteiger partial charge in [0.05, 0.1) is 15.7 Å². The molecule has 2 aliphatic heterocycles. The summed E-state index contributed by atoms with van der Waals surface area (Å²) in [6.45, 7) is 2.09. The Hall–Kier alpha value is -2.23. The van der Waals surface area contributed by atoms with E-state index in [0.29, 0.717) is 43.2 Å². The molecule has 160 valence electrons. The topological polar surface area (TPSA) is 86.8 Å². The molecule has 0 radical (unpaired) electrons. The van der Waals surface area contributed by atoms with Crippen LogP contribution in [0.4, 0.5) is 5.69 Å². The van der Waals surface area contributed by atoms with Crippen molar-refractivity contribution < 1.29 is 18.0 Å². The van der Waals surface area contributed by atoms with E-state index in [0.717, 1.165) is 19.3 Å². The minimum atomic E-state index is -3.54. The number of benzene rings is 1. The van der Waals surface area contributed by atoms with Gasteiger partial charge < -0.3 is 10.2 Å². The lowest BCUT2D eigenvalue weighted by Crippen LogP contribution is -2.43. The van der Waals surface area contributed by atoms with E-state index in [4.69, 9.17) is 0 Å². The van der Waals surface area contributed by atoms with Crippen molar-refractivity contribution >= 4 is 38.9 Å². The molecule has 0 aliphatic carbocycles. The molecule has 2 fully saturated rings. The molecule has 2 aliphatic rings. The molecule has 1 aromatic carbocycles. The molecule has 2 aromatic rings. The lowest BCUT2D eigenvalue weighted by atomic mass is 9.97. The Balaban J connectivity index is 1.43. The summed E-state index contributed by atoms with van der Waals surface area (Å²) in [6.07, 6.45) is 3.21. The number of piperidine rings is 1. The summed E-state index contributed by atoms with van der Waals surface area (Å²) in [6, 6.07) is 10.1. The fraction of sp³-hybridized carbons (Fsp3) is 0.429. The second kappa shape index (κ2) is 8.87. The van der Waals surface area contributed by atoms with E-state index < -0.39 is 10.0 Å². The second-order valence-electron chi connectivity index (χ2n) is 7.70. The zero-order valence-electron chi connectivity index (χ0n) is 16.6. The Morgan fingerprint density at radius 3 is 2.57 bits per heavy atom. The zero-order valence-corrected chi connectivity index (χ0v) is 18.3. The summed E-state index contributed by atoms with van der Waals surface area (Å²) in [5, 5.41) is 4.72. The van der Waals surface area contributed by atoms with Crippen molar-refractivity contribution in [2.75, 3.05) is 31.5 Å². The lowest BCUT2D eigenvalue weighted by Gasteiger charge is -2.31. The minimum Gasteiger partial charge on any atom is -0.337 e. The van der Waals surface area contributed by atoms with E-state index in [2.05, 4.69) is 5.32 Å². The standard InChI is InChI=1S/C21H25N3O4S2/c25-20(16-6-4-10-23(15-16)21(26)19-9-5-13-29-19)22-17-7-3-8-18(14-17)30(27,28)24-11-1-2-12-24/h3,5,7-9,13-14,16H,1-2,4,6,10-12,15H2,(H,22,25)/t16-/m1/s1. The molecular formula is C21H25N3O4S2. The number of hydrogen-bond donors (Lipinski definition) is 1. The molecule has 2 saturated heterocycles. The van der Waals surface area contributed by atoms with Crippen LogP contribution in [-0.4, -0.2) is 55.6 Å². The molecule has 0 bridgehead atoms. The zero-order chi connectivity index (χ0) is 21.1. The van der Waals surface area contributed by atoms with Crippen LogP contribution in [-0.2, 0) is 14.8 Å². The fourth-order valence-corrected chi connectivity index (χ4v) is 6.24. The molecule has 0 saturated carbocycles. The normalized spacial score (nSPS) is 20.3. The van der Waals surface area contributed by atoms with Crippen LogP contribution in [0.15, 0.2) is 46.7 Å². The molecule has 1 aromatic heterocycles. The summed E-state index contributed by atoms with van der Waals surface area (Å²) in [4.78, 5) is 28.0. The number of sulfonamides is 1. The van der Waals surface area contributed by atoms with Crippen LogP contribution in [0.5, 0.6) is 0 Å². The first kappa shape index (κ1) is 21.0. The van der Waals surface area contributed by atoms with Crippen molar-refractivity contribution in [3.05, 3.63) is 46.7 Å². The van der Waals surface area contributed by atoms with Gasteiger partial charge in [-0.25, -0.2) is 8.42 Å². The molecular weight excluding hydrogens is 422 g/mol. The molecule has 7 nitrogen and oxygen atoms in total. The number of nitrogens with one attached hydrogen (secondary N) is 1. The van der Waals surface area contributed by atoms with E-state index in [9.17, 15) is 18.0 Å². The maximum Gasteiger partial charge on any atom is 0.263 e. The van der Waals surface area contributed by atoms with Crippen LogP contribution >= 0.6 is 11.3 Å². The quantitative estimate of drug-likeness (QED) is 0.763. The highest BCUT2D eigenvalue weighted by molar-refractivity contribution is 7.89. The van der Waals surface area contributed by atoms with Crippen LogP contribution in [0.1, 0.15) is 35.4 Å². The number of carbonyl (C=O) groups excluding carboxylic acids is 2. The second-order valence-corrected chi connectivity index (χ2v) is 10.6. The first-order chi connectivity index (χ1) is 14.4. The van der Waals surface area contributed by atoms with Crippen LogP contribution in [0.3, 0.4) is 0 Å². The minimum absolute atomic E-state index is 0.0406. The van der Waals surface area contributed by atoms with E-state index in [-0.39, 0.29) is 22.6 Å². The number of amides is 2. The van der Waals surface area contributed by atoms with E-state index in [1.165, 1.54) is 21.7 Å². The van der Waals surface area contributed by atoms with E-state index in [1.54, 1.807) is 29.2 Å². The van der Waals surface area contributed by atoms with Crippen molar-refractivity contribution in [3.63, 3.8) is 0 Å². The number of rotatable bonds is 5. The van der Waals surface area contributed by atoms with Gasteiger partial charge in [0, 0.05) is 31.9 Å². The van der Waals surface area contributed by atoms with Crippen molar-refractivity contribution in [3.8, 4) is 0 Å². The molecule has 1 N–H and O–H groups in total. The van der Waals surface area contributed by atoms with Crippen molar-refractivity contribution in [1.29, 1.82) is 0 Å². The molecule has 0 unspecified atom stereocenters. The van der Waals surface area contributed by atoms with Crippen LogP contribution in [0, 0.1) is 5.92 Å². The van der Waals surface area contributed by atoms with Crippen molar-refractivity contribution in [1.82, 2.24) is 9.21 Å². The lowest BCUT2D eigenvalue weighted by molar-refractivity contribution is -0.121. The van der Waals surface area contributed by atoms with E-state index in [1.807, 2.05) is 11.4 Å². The average molecular weight is 448 g/mol. The average Bonchev–Trinajstić information content (AvgIpc) is 3.48. The first-order valence-electron chi connectivity index (χ1n) is 10.2. The van der Waals surface area contributed by atoms with Gasteiger partial charge in [-0.3, -0.25) is 9.59 Å². The largest absolute Gasteiger partial charge is 0.337 e. The van der Waals surface area contributed by atoms with Gasteiger partial charge in [0.1, 0.15) is 0 Å². The summed E-state index contributed by atoms with van der Waals surface area (Å²) < 4.78 is 27.0. The van der Waals surface area contributed by atoms with Crippen molar-refractivity contribution in [2.24, 2.45) is 5.92 Å². The number of anilines is 1. The maximum absolute atomic E-state index is 12.8. The summed E-state index contributed by atoms with van der Waals surface area (Å²) in [5.74, 6) is -0.544. The monoisotopic (exact) mass is 447 g/mol. The summed E-state index contributed by atoms with van der Waals surface area (Å²) in [7, 11) is -3.54. The Kier molecular flexibility index (Phi) is 6.21. The third-order valence-electron chi connectivity index (χ3n) is 5.62. The molecule has 3 heterocycles. The predicted molar refractivity (Wildman–Crippen MR) is 116 cm³/mol. The van der Waals surface area contributed by atoms with Gasteiger partial charge in [0.15, 0.2) is 0 Å². The Bertz CT molecular complexity index is 1010. The molecule has 4 rings (SSSR count). The van der Waals surface area contributed by atoms with Gasteiger partial charge in [-0.2, -0.15) is 4.31 Å². The number of likely N-dealkylation sites (tertiary alicyclic amines) is 1. The van der Waals surface area contributed by atoms with Gasteiger partial charge in [-0.05, 0) is 55.3 Å². The number of thiophene rings is 1. The maximum atomic E-state index is 12.8. The highest BCUT2D eigenvalue weighted by Crippen LogP contribution is 2.25. The highest BCUT2D eigenvalue weighted by Gasteiger charge is 2.30. The third-order valence-corrected chi connectivity index (χ3v) is 8.37. The number of nitrogens with zero attached hydrogens (tertiary/aromatic N) is 2. The van der Waals surface area contributed by atoms with Crippen molar-refractivity contribution in [2.45, 2.75) is 30.6 Å². The third kappa shape index (κ3) is 4.43. The molecule has 30 heavy (non-hydrogen) atoms. The van der Waals surface area contributed by atoms with Gasteiger partial charge in [-0.15, -0.1) is 11.3 Å². The molecule has 9 heteroatoms. The number of hydrogen-bond acceptors (Lipinski definition) is 5. The smallest absolute Gasteiger partial charge is 0.263 e. The molecule has 2 amide bonds. The van der Waals surface area contributed by atoms with Gasteiger partial charge >= 0.3 is 0 Å². The summed E-state index contributed by atoms with van der Waals surface area (Å²) >= 11 is 1.40. The Labute approximate surface area is 180 Å². The predicted octanol–water partition coefficient (Wildman–Crippen LogP) is 3.02. The van der Waals surface area contributed by atoms with Gasteiger partial charge in [-0.1, -0.05) is 12.1 Å². The number of carbonyl (C=O) groups is 2. The first-order valence-corrected chi connectivity index (χ1v) is 12.5. The van der Waals surface area contributed by atoms with Crippen LogP contribution < -0.4 is 5.32 Å². The Morgan fingerprint density at radius 2 is 1.83 bits per heavy atom. The molecule has 1 atom stereocenters. The van der Waals surface area contributed by atoms with Crippen LogP contribution in [0.25, 0.3) is 0 Å². The summed E-state index contributed by atoms with van der Waals surface area (Å²) in [5.41, 5.74) is 0.460. The highest BCUT2D eigenvalue weighted by atomic mass is 32.2. The fourth-order valence-electron chi connectivity index (χ4n) is 3.99. The SMILES string of the molecule is O=C(Nc1cccc(S(=O)(=O)N2CCCC2)c1)[C@@H]1CCCN(C(=O)c2cccs2)C1.